The number of likely N-dealkylation sites (tertiary alicyclic amines) is 1. The Morgan fingerprint density at radius 2 is 1.86 bits per heavy atom. The van der Waals surface area contributed by atoms with Gasteiger partial charge in [0.05, 0.1) is 13.2 Å². The molecule has 2 unspecified atom stereocenters. The molecular weight excluding hydrogens is 274 g/mol. The normalized spacial score (nSPS) is 31.6. The first-order valence-corrected chi connectivity index (χ1v) is 9.49. The molecule has 3 fully saturated rings. The maximum absolute atomic E-state index is 5.58. The molecule has 4 nitrogen and oxygen atoms in total. The summed E-state index contributed by atoms with van der Waals surface area (Å²) in [5.41, 5.74) is 0.394. The molecule has 128 valence electrons. The summed E-state index contributed by atoms with van der Waals surface area (Å²) in [7, 11) is 2.29. The number of morpholine rings is 1. The van der Waals surface area contributed by atoms with E-state index in [2.05, 4.69) is 29.1 Å². The van der Waals surface area contributed by atoms with Gasteiger partial charge in [-0.15, -0.1) is 0 Å². The van der Waals surface area contributed by atoms with E-state index in [9.17, 15) is 0 Å². The zero-order valence-corrected chi connectivity index (χ0v) is 14.6. The molecule has 1 N–H and O–H groups in total. The number of hydrogen-bond acceptors (Lipinski definition) is 4. The summed E-state index contributed by atoms with van der Waals surface area (Å²) in [6.07, 6.45) is 9.61. The van der Waals surface area contributed by atoms with Crippen LogP contribution < -0.4 is 5.32 Å². The lowest BCUT2D eigenvalue weighted by atomic mass is 9.86. The molecule has 3 rings (SSSR count). The van der Waals surface area contributed by atoms with Crippen LogP contribution >= 0.6 is 0 Å². The Morgan fingerprint density at radius 1 is 1.14 bits per heavy atom. The lowest BCUT2D eigenvalue weighted by Gasteiger charge is -2.47. The molecule has 2 atom stereocenters. The van der Waals surface area contributed by atoms with Gasteiger partial charge >= 0.3 is 0 Å². The quantitative estimate of drug-likeness (QED) is 0.813. The Hall–Kier alpha value is -0.160. The van der Waals surface area contributed by atoms with E-state index in [1.165, 1.54) is 58.0 Å². The largest absolute Gasteiger partial charge is 0.379 e. The van der Waals surface area contributed by atoms with E-state index in [1.54, 1.807) is 0 Å². The Bertz CT molecular complexity index is 337. The minimum absolute atomic E-state index is 0.394. The van der Waals surface area contributed by atoms with Gasteiger partial charge in [-0.2, -0.15) is 0 Å². The molecule has 2 heterocycles. The van der Waals surface area contributed by atoms with E-state index in [0.717, 1.165) is 32.3 Å². The van der Waals surface area contributed by atoms with Gasteiger partial charge in [-0.25, -0.2) is 0 Å². The average Bonchev–Trinajstić information content (AvgIpc) is 3.19. The zero-order valence-electron chi connectivity index (χ0n) is 14.6. The molecule has 2 saturated heterocycles. The standard InChI is InChI=1S/C18H35N3O/c1-16(19-10-7-17-6-5-11-20(17)2)18(8-3-4-9-18)21-12-14-22-15-13-21/h16-17,19H,3-15H2,1-2H3. The number of hydrogen-bond donors (Lipinski definition) is 1. The number of nitrogens with zero attached hydrogens (tertiary/aromatic N) is 2. The molecule has 3 aliphatic rings. The number of ether oxygens (including phenoxy) is 1. The third-order valence-corrected chi connectivity index (χ3v) is 6.52. The lowest BCUT2D eigenvalue weighted by Crippen LogP contribution is -2.61. The van der Waals surface area contributed by atoms with Gasteiger partial charge < -0.3 is 15.0 Å². The Balaban J connectivity index is 1.52. The molecule has 0 aromatic rings. The molecule has 0 bridgehead atoms. The minimum atomic E-state index is 0.394. The topological polar surface area (TPSA) is 27.7 Å². The van der Waals surface area contributed by atoms with Crippen LogP contribution in [0.3, 0.4) is 0 Å². The molecule has 0 aromatic carbocycles. The molecule has 4 heteroatoms. The Kier molecular flexibility index (Phi) is 5.77. The third-order valence-electron chi connectivity index (χ3n) is 6.52. The van der Waals surface area contributed by atoms with E-state index in [4.69, 9.17) is 4.74 Å². The van der Waals surface area contributed by atoms with Crippen molar-refractivity contribution in [3.63, 3.8) is 0 Å². The van der Waals surface area contributed by atoms with Crippen molar-refractivity contribution in [2.75, 3.05) is 46.4 Å². The summed E-state index contributed by atoms with van der Waals surface area (Å²) in [5, 5.41) is 3.90. The van der Waals surface area contributed by atoms with Gasteiger partial charge in [-0.3, -0.25) is 4.90 Å². The Morgan fingerprint density at radius 3 is 2.50 bits per heavy atom. The van der Waals surface area contributed by atoms with Crippen LogP contribution in [0.1, 0.15) is 51.9 Å². The van der Waals surface area contributed by atoms with Crippen LogP contribution in [0.5, 0.6) is 0 Å². The van der Waals surface area contributed by atoms with E-state index in [-0.39, 0.29) is 0 Å². The fourth-order valence-corrected chi connectivity index (χ4v) is 5.02. The summed E-state index contributed by atoms with van der Waals surface area (Å²) < 4.78 is 5.58. The molecule has 1 aliphatic carbocycles. The van der Waals surface area contributed by atoms with Crippen LogP contribution in [0.2, 0.25) is 0 Å². The van der Waals surface area contributed by atoms with Gasteiger partial charge in [0.2, 0.25) is 0 Å². The first kappa shape index (κ1) is 16.7. The maximum Gasteiger partial charge on any atom is 0.0594 e. The molecule has 0 amide bonds. The first-order valence-electron chi connectivity index (χ1n) is 9.49. The van der Waals surface area contributed by atoms with Gasteiger partial charge in [0.1, 0.15) is 0 Å². The summed E-state index contributed by atoms with van der Waals surface area (Å²) in [4.78, 5) is 5.28. The molecule has 2 aliphatic heterocycles. The predicted octanol–water partition coefficient (Wildman–Crippen LogP) is 2.09. The van der Waals surface area contributed by atoms with Crippen LogP contribution in [0.25, 0.3) is 0 Å². The second-order valence-corrected chi connectivity index (χ2v) is 7.65. The van der Waals surface area contributed by atoms with Gasteiger partial charge in [0.15, 0.2) is 0 Å². The van der Waals surface area contributed by atoms with Crippen molar-refractivity contribution in [2.45, 2.75) is 69.5 Å². The highest BCUT2D eigenvalue weighted by Gasteiger charge is 2.44. The van der Waals surface area contributed by atoms with Crippen molar-refractivity contribution < 1.29 is 4.74 Å². The van der Waals surface area contributed by atoms with Crippen LogP contribution in [-0.4, -0.2) is 73.9 Å². The fraction of sp³-hybridized carbons (Fsp3) is 1.00. The van der Waals surface area contributed by atoms with Gasteiger partial charge in [0, 0.05) is 30.7 Å². The van der Waals surface area contributed by atoms with E-state index in [1.807, 2.05) is 0 Å². The third kappa shape index (κ3) is 3.50. The van der Waals surface area contributed by atoms with Crippen molar-refractivity contribution >= 4 is 0 Å². The van der Waals surface area contributed by atoms with E-state index < -0.39 is 0 Å². The summed E-state index contributed by atoms with van der Waals surface area (Å²) in [6, 6.07) is 1.41. The summed E-state index contributed by atoms with van der Waals surface area (Å²) >= 11 is 0. The zero-order chi connectivity index (χ0) is 15.4. The van der Waals surface area contributed by atoms with E-state index in [0.29, 0.717) is 11.6 Å². The molecule has 0 aromatic heterocycles. The highest BCUT2D eigenvalue weighted by molar-refractivity contribution is 5.02. The van der Waals surface area contributed by atoms with Crippen LogP contribution in [0, 0.1) is 0 Å². The van der Waals surface area contributed by atoms with Crippen molar-refractivity contribution in [3.8, 4) is 0 Å². The SMILES string of the molecule is CC(NCCC1CCCN1C)C1(N2CCOCC2)CCCC1. The highest BCUT2D eigenvalue weighted by atomic mass is 16.5. The van der Waals surface area contributed by atoms with Gasteiger partial charge in [-0.1, -0.05) is 12.8 Å². The van der Waals surface area contributed by atoms with Crippen LogP contribution in [0.15, 0.2) is 0 Å². The number of rotatable bonds is 6. The lowest BCUT2D eigenvalue weighted by molar-refractivity contribution is -0.0333. The second-order valence-electron chi connectivity index (χ2n) is 7.65. The second kappa shape index (κ2) is 7.61. The number of nitrogens with one attached hydrogen (secondary N) is 1. The van der Waals surface area contributed by atoms with Gasteiger partial charge in [0.25, 0.3) is 0 Å². The molecule has 0 spiro atoms. The van der Waals surface area contributed by atoms with Gasteiger partial charge in [-0.05, 0) is 59.2 Å². The maximum atomic E-state index is 5.58. The van der Waals surface area contributed by atoms with Crippen LogP contribution in [0.4, 0.5) is 0 Å². The molecule has 22 heavy (non-hydrogen) atoms. The van der Waals surface area contributed by atoms with Crippen molar-refractivity contribution in [1.29, 1.82) is 0 Å². The van der Waals surface area contributed by atoms with Crippen molar-refractivity contribution in [2.24, 2.45) is 0 Å². The highest BCUT2D eigenvalue weighted by Crippen LogP contribution is 2.38. The fourth-order valence-electron chi connectivity index (χ4n) is 5.02. The smallest absolute Gasteiger partial charge is 0.0594 e. The average molecular weight is 309 g/mol. The predicted molar refractivity (Wildman–Crippen MR) is 91.3 cm³/mol. The van der Waals surface area contributed by atoms with E-state index >= 15 is 0 Å². The molecule has 1 saturated carbocycles. The summed E-state index contributed by atoms with van der Waals surface area (Å²) in [5.74, 6) is 0. The monoisotopic (exact) mass is 309 g/mol. The van der Waals surface area contributed by atoms with Crippen molar-refractivity contribution in [1.82, 2.24) is 15.1 Å². The minimum Gasteiger partial charge on any atom is -0.379 e. The first-order chi connectivity index (χ1) is 10.7. The molecular formula is C18H35N3O. The summed E-state index contributed by atoms with van der Waals surface area (Å²) in [6.45, 7) is 8.97. The van der Waals surface area contributed by atoms with Crippen molar-refractivity contribution in [3.05, 3.63) is 0 Å². The van der Waals surface area contributed by atoms with Crippen LogP contribution in [-0.2, 0) is 4.74 Å². The Labute approximate surface area is 136 Å². The molecule has 0 radical (unpaired) electrons.